The Bertz CT molecular complexity index is 702. The molecule has 118 valence electrons. The molecule has 1 atom stereocenters. The maximum atomic E-state index is 12.0. The van der Waals surface area contributed by atoms with E-state index in [0.29, 0.717) is 6.54 Å². The van der Waals surface area contributed by atoms with Gasteiger partial charge in [-0.15, -0.1) is 0 Å². The fraction of sp³-hybridized carbons (Fsp3) is 0.412. The Morgan fingerprint density at radius 3 is 2.64 bits per heavy atom. The van der Waals surface area contributed by atoms with E-state index in [1.807, 2.05) is 32.9 Å². The molecule has 2 aromatic rings. The van der Waals surface area contributed by atoms with Crippen LogP contribution in [0, 0.1) is 13.8 Å². The molecule has 0 fully saturated rings. The molecule has 5 nitrogen and oxygen atoms in total. The fourth-order valence-electron chi connectivity index (χ4n) is 2.24. The van der Waals surface area contributed by atoms with Crippen LogP contribution in [0.3, 0.4) is 0 Å². The number of likely N-dealkylation sites (N-methyl/N-ethyl adjacent to an activating group) is 1. The fourth-order valence-corrected chi connectivity index (χ4v) is 2.24. The predicted molar refractivity (Wildman–Crippen MR) is 83.6 cm³/mol. The standard InChI is InChI=1S/C17H21NO4/c1-5-18-17(20)12(4)22-16(19)8-13-9-21-15-7-11(3)10(2)6-14(13)15/h6-7,9,12H,5,8H2,1-4H3,(H,18,20)/t12-/m1/s1. The smallest absolute Gasteiger partial charge is 0.311 e. The summed E-state index contributed by atoms with van der Waals surface area (Å²) in [4.78, 5) is 23.5. The normalized spacial score (nSPS) is 12.2. The van der Waals surface area contributed by atoms with Gasteiger partial charge in [0.25, 0.3) is 5.91 Å². The van der Waals surface area contributed by atoms with E-state index in [2.05, 4.69) is 5.32 Å². The van der Waals surface area contributed by atoms with E-state index in [-0.39, 0.29) is 12.3 Å². The highest BCUT2D eigenvalue weighted by Gasteiger charge is 2.19. The van der Waals surface area contributed by atoms with E-state index in [1.165, 1.54) is 0 Å². The molecule has 0 aliphatic carbocycles. The number of fused-ring (bicyclic) bond motifs is 1. The van der Waals surface area contributed by atoms with Crippen LogP contribution in [-0.2, 0) is 20.7 Å². The highest BCUT2D eigenvalue weighted by atomic mass is 16.5. The Hall–Kier alpha value is -2.30. The highest BCUT2D eigenvalue weighted by Crippen LogP contribution is 2.25. The summed E-state index contributed by atoms with van der Waals surface area (Å²) >= 11 is 0. The van der Waals surface area contributed by atoms with Crippen molar-refractivity contribution in [2.75, 3.05) is 6.54 Å². The average molecular weight is 303 g/mol. The molecule has 0 saturated carbocycles. The summed E-state index contributed by atoms with van der Waals surface area (Å²) in [6.45, 7) is 7.91. The van der Waals surface area contributed by atoms with Crippen LogP contribution in [0.4, 0.5) is 0 Å². The van der Waals surface area contributed by atoms with Gasteiger partial charge in [0.15, 0.2) is 6.10 Å². The second kappa shape index (κ2) is 6.64. The van der Waals surface area contributed by atoms with Crippen LogP contribution < -0.4 is 5.32 Å². The minimum Gasteiger partial charge on any atom is -0.464 e. The molecule has 1 heterocycles. The molecule has 2 rings (SSSR count). The lowest BCUT2D eigenvalue weighted by Gasteiger charge is -2.12. The van der Waals surface area contributed by atoms with E-state index in [1.54, 1.807) is 13.2 Å². The van der Waals surface area contributed by atoms with Gasteiger partial charge in [-0.2, -0.15) is 0 Å². The second-order valence-electron chi connectivity index (χ2n) is 5.40. The third-order valence-electron chi connectivity index (χ3n) is 3.63. The Morgan fingerprint density at radius 2 is 1.95 bits per heavy atom. The molecule has 1 aromatic heterocycles. The second-order valence-corrected chi connectivity index (χ2v) is 5.40. The summed E-state index contributed by atoms with van der Waals surface area (Å²) < 4.78 is 10.6. The summed E-state index contributed by atoms with van der Waals surface area (Å²) in [6, 6.07) is 3.96. The minimum atomic E-state index is -0.797. The first-order chi connectivity index (χ1) is 10.4. The summed E-state index contributed by atoms with van der Waals surface area (Å²) in [5.74, 6) is -0.737. The third-order valence-corrected chi connectivity index (χ3v) is 3.63. The number of rotatable bonds is 5. The molecule has 5 heteroatoms. The average Bonchev–Trinajstić information content (AvgIpc) is 2.82. The summed E-state index contributed by atoms with van der Waals surface area (Å²) in [5, 5.41) is 3.53. The van der Waals surface area contributed by atoms with Gasteiger partial charge in [0.05, 0.1) is 12.7 Å². The first kappa shape index (κ1) is 16.1. The van der Waals surface area contributed by atoms with Crippen molar-refractivity contribution in [3.05, 3.63) is 35.1 Å². The van der Waals surface area contributed by atoms with Crippen molar-refractivity contribution in [2.45, 2.75) is 40.2 Å². The number of amides is 1. The topological polar surface area (TPSA) is 68.5 Å². The monoisotopic (exact) mass is 303 g/mol. The van der Waals surface area contributed by atoms with Gasteiger partial charge in [0.1, 0.15) is 5.58 Å². The SMILES string of the molecule is CCNC(=O)[C@@H](C)OC(=O)Cc1coc2cc(C)c(C)cc12. The lowest BCUT2D eigenvalue weighted by Crippen LogP contribution is -2.35. The number of ether oxygens (including phenoxy) is 1. The molecular weight excluding hydrogens is 282 g/mol. The van der Waals surface area contributed by atoms with E-state index >= 15 is 0 Å². The van der Waals surface area contributed by atoms with Crippen molar-refractivity contribution in [1.29, 1.82) is 0 Å². The zero-order chi connectivity index (χ0) is 16.3. The molecule has 0 saturated heterocycles. The van der Waals surface area contributed by atoms with Gasteiger partial charge in [-0.05, 0) is 51.0 Å². The predicted octanol–water partition coefficient (Wildman–Crippen LogP) is 2.66. The van der Waals surface area contributed by atoms with E-state index in [0.717, 1.165) is 27.7 Å². The molecule has 0 radical (unpaired) electrons. The van der Waals surface area contributed by atoms with Crippen LogP contribution in [-0.4, -0.2) is 24.5 Å². The van der Waals surface area contributed by atoms with Crippen LogP contribution >= 0.6 is 0 Å². The third kappa shape index (κ3) is 3.47. The number of hydrogen-bond acceptors (Lipinski definition) is 4. The zero-order valence-electron chi connectivity index (χ0n) is 13.4. The largest absolute Gasteiger partial charge is 0.464 e. The lowest BCUT2D eigenvalue weighted by atomic mass is 10.0. The van der Waals surface area contributed by atoms with Crippen LogP contribution in [0.5, 0.6) is 0 Å². The summed E-state index contributed by atoms with van der Waals surface area (Å²) in [5.41, 5.74) is 3.80. The van der Waals surface area contributed by atoms with Crippen molar-refractivity contribution in [2.24, 2.45) is 0 Å². The molecule has 0 aliphatic heterocycles. The van der Waals surface area contributed by atoms with Gasteiger partial charge in [0, 0.05) is 17.5 Å². The van der Waals surface area contributed by atoms with Gasteiger partial charge in [0.2, 0.25) is 0 Å². The highest BCUT2D eigenvalue weighted by molar-refractivity contribution is 5.88. The van der Waals surface area contributed by atoms with E-state index in [4.69, 9.17) is 9.15 Å². The van der Waals surface area contributed by atoms with Crippen LogP contribution in [0.1, 0.15) is 30.5 Å². The molecule has 1 amide bonds. The Balaban J connectivity index is 2.09. The molecule has 0 bridgehead atoms. The zero-order valence-corrected chi connectivity index (χ0v) is 13.4. The van der Waals surface area contributed by atoms with Crippen molar-refractivity contribution < 1.29 is 18.7 Å². The minimum absolute atomic E-state index is 0.0826. The van der Waals surface area contributed by atoms with Gasteiger partial charge >= 0.3 is 5.97 Å². The quantitative estimate of drug-likeness (QED) is 0.862. The number of furan rings is 1. The number of aryl methyl sites for hydroxylation is 2. The molecular formula is C17H21NO4. The first-order valence-corrected chi connectivity index (χ1v) is 7.37. The Labute approximate surface area is 129 Å². The van der Waals surface area contributed by atoms with Gasteiger partial charge < -0.3 is 14.5 Å². The van der Waals surface area contributed by atoms with Crippen LogP contribution in [0.2, 0.25) is 0 Å². The number of hydrogen-bond donors (Lipinski definition) is 1. The number of benzene rings is 1. The number of carbonyl (C=O) groups is 2. The number of carbonyl (C=O) groups excluding carboxylic acids is 2. The number of nitrogens with one attached hydrogen (secondary N) is 1. The molecule has 0 aliphatic rings. The lowest BCUT2D eigenvalue weighted by molar-refractivity contribution is -0.154. The maximum absolute atomic E-state index is 12.0. The Kier molecular flexibility index (Phi) is 4.85. The summed E-state index contributed by atoms with van der Waals surface area (Å²) in [6.07, 6.45) is 0.857. The first-order valence-electron chi connectivity index (χ1n) is 7.37. The Morgan fingerprint density at radius 1 is 1.27 bits per heavy atom. The molecule has 1 N–H and O–H groups in total. The maximum Gasteiger partial charge on any atom is 0.311 e. The van der Waals surface area contributed by atoms with Crippen LogP contribution in [0.15, 0.2) is 22.8 Å². The van der Waals surface area contributed by atoms with Crippen molar-refractivity contribution in [3.8, 4) is 0 Å². The van der Waals surface area contributed by atoms with Crippen molar-refractivity contribution in [3.63, 3.8) is 0 Å². The number of esters is 1. The molecule has 22 heavy (non-hydrogen) atoms. The van der Waals surface area contributed by atoms with Gasteiger partial charge in [-0.1, -0.05) is 0 Å². The van der Waals surface area contributed by atoms with Crippen molar-refractivity contribution >= 4 is 22.8 Å². The summed E-state index contributed by atoms with van der Waals surface area (Å²) in [7, 11) is 0. The van der Waals surface area contributed by atoms with Crippen molar-refractivity contribution in [1.82, 2.24) is 5.32 Å². The van der Waals surface area contributed by atoms with E-state index < -0.39 is 12.1 Å². The van der Waals surface area contributed by atoms with Crippen LogP contribution in [0.25, 0.3) is 11.0 Å². The van der Waals surface area contributed by atoms with Gasteiger partial charge in [-0.25, -0.2) is 0 Å². The van der Waals surface area contributed by atoms with E-state index in [9.17, 15) is 9.59 Å². The molecule has 0 unspecified atom stereocenters. The van der Waals surface area contributed by atoms with Gasteiger partial charge in [-0.3, -0.25) is 9.59 Å². The molecule has 1 aromatic carbocycles. The molecule has 0 spiro atoms.